The van der Waals surface area contributed by atoms with Gasteiger partial charge in [0, 0.05) is 30.9 Å². The normalized spacial score (nSPS) is 22.3. The van der Waals surface area contributed by atoms with Gasteiger partial charge in [0.1, 0.15) is 22.2 Å². The average Bonchev–Trinajstić information content (AvgIpc) is 2.76. The molecule has 2 aliphatic heterocycles. The summed E-state index contributed by atoms with van der Waals surface area (Å²) in [7, 11) is 0. The zero-order valence-electron chi connectivity index (χ0n) is 17.5. The molecule has 1 aromatic carbocycles. The number of nitrogens with zero attached hydrogens (tertiary/aromatic N) is 2. The van der Waals surface area contributed by atoms with E-state index < -0.39 is 39.6 Å². The lowest BCUT2D eigenvalue weighted by Crippen LogP contribution is -2.57. The van der Waals surface area contributed by atoms with Crippen molar-refractivity contribution in [2.24, 2.45) is 5.92 Å². The number of hydrogen-bond acceptors (Lipinski definition) is 4. The van der Waals surface area contributed by atoms with Crippen LogP contribution in [-0.2, 0) is 13.1 Å². The summed E-state index contributed by atoms with van der Waals surface area (Å²) in [4.78, 5) is 40.1. The molecule has 7 nitrogen and oxygen atoms in total. The number of carbonyl (C=O) groups excluding carboxylic acids is 2. The first-order chi connectivity index (χ1) is 15.1. The second-order valence-corrected chi connectivity index (χ2v) is 8.80. The summed E-state index contributed by atoms with van der Waals surface area (Å²) < 4.78 is 28.8. The largest absolute Gasteiger partial charge is 0.503 e. The standard InChI is InChI=1S/C22H22ClF2N3O4/c1-10-3-4-11(2)28-15(10)9-27-8-13(19(29)20(30)18(27)22(28)32)21(31)26-7-12-5-6-14(24)16(23)17(12)25/h5-6,8,10-11,15,30H,3-4,7,9H2,1-2H3,(H,26,31)/t10-,11+,15-/m0/s1. The fraction of sp³-hybridized carbons (Fsp3) is 0.409. The van der Waals surface area contributed by atoms with Crippen molar-refractivity contribution in [3.63, 3.8) is 0 Å². The van der Waals surface area contributed by atoms with Crippen molar-refractivity contribution in [3.05, 3.63) is 62.0 Å². The van der Waals surface area contributed by atoms with Gasteiger partial charge in [-0.2, -0.15) is 0 Å². The Kier molecular flexibility index (Phi) is 5.70. The fourth-order valence-electron chi connectivity index (χ4n) is 4.53. The van der Waals surface area contributed by atoms with Crippen LogP contribution in [0.25, 0.3) is 0 Å². The maximum atomic E-state index is 14.1. The first-order valence-electron chi connectivity index (χ1n) is 10.3. The monoisotopic (exact) mass is 465 g/mol. The van der Waals surface area contributed by atoms with Crippen molar-refractivity contribution >= 4 is 23.4 Å². The van der Waals surface area contributed by atoms with E-state index in [4.69, 9.17) is 11.6 Å². The summed E-state index contributed by atoms with van der Waals surface area (Å²) in [5.41, 5.74) is -1.57. The second kappa shape index (κ2) is 8.20. The molecule has 1 aromatic heterocycles. The minimum absolute atomic E-state index is 0.0210. The zero-order chi connectivity index (χ0) is 23.3. The molecule has 0 radical (unpaired) electrons. The maximum Gasteiger partial charge on any atom is 0.275 e. The van der Waals surface area contributed by atoms with Gasteiger partial charge in [-0.25, -0.2) is 8.78 Å². The summed E-state index contributed by atoms with van der Waals surface area (Å²) in [6, 6.07) is 1.96. The van der Waals surface area contributed by atoms with Crippen molar-refractivity contribution in [1.82, 2.24) is 14.8 Å². The highest BCUT2D eigenvalue weighted by Gasteiger charge is 2.42. The molecular weight excluding hydrogens is 444 g/mol. The van der Waals surface area contributed by atoms with Crippen LogP contribution in [0, 0.1) is 17.6 Å². The fourth-order valence-corrected chi connectivity index (χ4v) is 4.72. The van der Waals surface area contributed by atoms with Crippen LogP contribution in [-0.4, -0.2) is 38.5 Å². The van der Waals surface area contributed by atoms with Crippen molar-refractivity contribution in [3.8, 4) is 5.75 Å². The minimum atomic E-state index is -1.01. The van der Waals surface area contributed by atoms with Gasteiger partial charge in [0.2, 0.25) is 5.43 Å². The second-order valence-electron chi connectivity index (χ2n) is 8.42. The molecule has 3 atom stereocenters. The quantitative estimate of drug-likeness (QED) is 0.681. The van der Waals surface area contributed by atoms with E-state index in [1.165, 1.54) is 10.8 Å². The van der Waals surface area contributed by atoms with Crippen LogP contribution >= 0.6 is 11.6 Å². The van der Waals surface area contributed by atoms with Crippen LogP contribution in [0.15, 0.2) is 23.1 Å². The Bertz CT molecular complexity index is 1180. The van der Waals surface area contributed by atoms with E-state index in [9.17, 15) is 28.3 Å². The number of aromatic nitrogens is 1. The van der Waals surface area contributed by atoms with Crippen molar-refractivity contribution in [1.29, 1.82) is 0 Å². The van der Waals surface area contributed by atoms with E-state index in [1.54, 1.807) is 4.90 Å². The lowest BCUT2D eigenvalue weighted by atomic mass is 9.85. The molecule has 2 amide bonds. The molecule has 0 saturated carbocycles. The van der Waals surface area contributed by atoms with E-state index in [1.807, 2.05) is 13.8 Å². The first-order valence-corrected chi connectivity index (χ1v) is 10.7. The summed E-state index contributed by atoms with van der Waals surface area (Å²) in [5.74, 6) is -3.81. The van der Waals surface area contributed by atoms with Crippen LogP contribution in [0.2, 0.25) is 5.02 Å². The Balaban J connectivity index is 1.64. The van der Waals surface area contributed by atoms with Crippen LogP contribution in [0.4, 0.5) is 8.78 Å². The molecule has 0 unspecified atom stereocenters. The number of carbonyl (C=O) groups is 2. The molecule has 170 valence electrons. The van der Waals surface area contributed by atoms with Gasteiger partial charge >= 0.3 is 0 Å². The van der Waals surface area contributed by atoms with Gasteiger partial charge in [-0.3, -0.25) is 14.4 Å². The third kappa shape index (κ3) is 3.54. The Morgan fingerprint density at radius 3 is 2.69 bits per heavy atom. The van der Waals surface area contributed by atoms with Crippen molar-refractivity contribution in [2.75, 3.05) is 0 Å². The summed E-state index contributed by atoms with van der Waals surface area (Å²) in [5, 5.41) is 12.2. The van der Waals surface area contributed by atoms with Crippen LogP contribution in [0.1, 0.15) is 53.1 Å². The Labute approximate surface area is 187 Å². The van der Waals surface area contributed by atoms with Crippen LogP contribution in [0.5, 0.6) is 5.75 Å². The van der Waals surface area contributed by atoms with E-state index in [2.05, 4.69) is 5.32 Å². The zero-order valence-corrected chi connectivity index (χ0v) is 18.2. The minimum Gasteiger partial charge on any atom is -0.503 e. The van der Waals surface area contributed by atoms with E-state index in [0.29, 0.717) is 6.54 Å². The SMILES string of the molecule is C[C@@H]1CC[C@H](C)[C@@H]2Cn3cc(C(=O)NCc4ccc(F)c(Cl)c4F)c(=O)c(O)c3C(=O)N12. The number of pyridine rings is 1. The topological polar surface area (TPSA) is 91.6 Å². The Morgan fingerprint density at radius 1 is 1.25 bits per heavy atom. The van der Waals surface area contributed by atoms with Crippen molar-refractivity contribution in [2.45, 2.75) is 51.9 Å². The maximum absolute atomic E-state index is 14.1. The molecule has 0 bridgehead atoms. The van der Waals surface area contributed by atoms with Gasteiger partial charge in [0.05, 0.1) is 6.04 Å². The number of benzene rings is 1. The summed E-state index contributed by atoms with van der Waals surface area (Å²) in [6.45, 7) is 3.96. The summed E-state index contributed by atoms with van der Waals surface area (Å²) >= 11 is 5.55. The van der Waals surface area contributed by atoms with Crippen LogP contribution in [0.3, 0.4) is 0 Å². The van der Waals surface area contributed by atoms with Gasteiger partial charge in [-0.05, 0) is 31.7 Å². The number of amides is 2. The number of nitrogens with one attached hydrogen (secondary N) is 1. The highest BCUT2D eigenvalue weighted by Crippen LogP contribution is 2.35. The Hall–Kier alpha value is -2.94. The molecule has 10 heteroatoms. The van der Waals surface area contributed by atoms with E-state index in [-0.39, 0.29) is 41.4 Å². The number of rotatable bonds is 3. The molecule has 0 aliphatic carbocycles. The molecule has 1 fully saturated rings. The molecule has 2 aromatic rings. The summed E-state index contributed by atoms with van der Waals surface area (Å²) in [6.07, 6.45) is 3.02. The highest BCUT2D eigenvalue weighted by molar-refractivity contribution is 6.30. The molecule has 32 heavy (non-hydrogen) atoms. The number of piperidine rings is 1. The lowest BCUT2D eigenvalue weighted by molar-refractivity contribution is 0.0198. The van der Waals surface area contributed by atoms with Gasteiger partial charge < -0.3 is 19.9 Å². The lowest BCUT2D eigenvalue weighted by Gasteiger charge is -2.47. The number of aromatic hydroxyl groups is 1. The molecule has 2 N–H and O–H groups in total. The van der Waals surface area contributed by atoms with Gasteiger partial charge in [-0.15, -0.1) is 0 Å². The van der Waals surface area contributed by atoms with Gasteiger partial charge in [-0.1, -0.05) is 24.6 Å². The Morgan fingerprint density at radius 2 is 1.97 bits per heavy atom. The van der Waals surface area contributed by atoms with Gasteiger partial charge in [0.15, 0.2) is 11.4 Å². The highest BCUT2D eigenvalue weighted by atomic mass is 35.5. The average molecular weight is 466 g/mol. The molecule has 2 aliphatic rings. The third-order valence-corrected chi connectivity index (χ3v) is 6.75. The number of fused-ring (bicyclic) bond motifs is 2. The predicted octanol–water partition coefficient (Wildman–Crippen LogP) is 3.06. The smallest absolute Gasteiger partial charge is 0.275 e. The molecule has 4 rings (SSSR count). The molecule has 1 saturated heterocycles. The van der Waals surface area contributed by atoms with E-state index >= 15 is 0 Å². The number of hydrogen-bond donors (Lipinski definition) is 2. The number of halogens is 3. The molecule has 3 heterocycles. The molecule has 0 spiro atoms. The third-order valence-electron chi connectivity index (χ3n) is 6.40. The van der Waals surface area contributed by atoms with E-state index in [0.717, 1.165) is 25.0 Å². The first kappa shape index (κ1) is 22.3. The van der Waals surface area contributed by atoms with Gasteiger partial charge in [0.25, 0.3) is 11.8 Å². The predicted molar refractivity (Wildman–Crippen MR) is 113 cm³/mol. The molecular formula is C22H22ClF2N3O4. The van der Waals surface area contributed by atoms with Crippen LogP contribution < -0.4 is 10.7 Å². The van der Waals surface area contributed by atoms with Crippen molar-refractivity contribution < 1.29 is 23.5 Å².